The minimum Gasteiger partial charge on any atom is -0.409 e. The molecule has 20 heavy (non-hydrogen) atoms. The number of nitrogens with two attached hydrogens (primary N) is 1. The highest BCUT2D eigenvalue weighted by molar-refractivity contribution is 9.10. The van der Waals surface area contributed by atoms with Crippen molar-refractivity contribution in [3.8, 4) is 0 Å². The molecular formula is C13H15BrFN3O2. The van der Waals surface area contributed by atoms with E-state index in [9.17, 15) is 9.18 Å². The Balaban J connectivity index is 2.20. The van der Waals surface area contributed by atoms with Gasteiger partial charge in [-0.15, -0.1) is 0 Å². The number of anilines is 1. The molecule has 1 aliphatic rings. The van der Waals surface area contributed by atoms with Gasteiger partial charge in [0.15, 0.2) is 5.84 Å². The predicted octanol–water partition coefficient (Wildman–Crippen LogP) is 2.69. The summed E-state index contributed by atoms with van der Waals surface area (Å²) in [6.07, 6.45) is 1.05. The van der Waals surface area contributed by atoms with Crippen molar-refractivity contribution < 1.29 is 14.4 Å². The quantitative estimate of drug-likeness (QED) is 0.341. The summed E-state index contributed by atoms with van der Waals surface area (Å²) in [5, 5.41) is 14.5. The summed E-state index contributed by atoms with van der Waals surface area (Å²) in [6, 6.07) is 4.18. The lowest BCUT2D eigenvalue weighted by Gasteiger charge is -2.43. The number of halogens is 2. The first-order valence-electron chi connectivity index (χ1n) is 6.13. The van der Waals surface area contributed by atoms with Crippen LogP contribution in [0.2, 0.25) is 0 Å². The standard InChI is InChI=1S/C13H15BrFN3O2/c1-7-5-13(6-7,11(16)18-20)12(19)17-8-2-3-10(15)9(14)4-8/h2-4,7,20H,5-6H2,1H3,(H2,16,18)(H,17,19). The van der Waals surface area contributed by atoms with Crippen LogP contribution in [-0.4, -0.2) is 17.0 Å². The van der Waals surface area contributed by atoms with E-state index < -0.39 is 11.2 Å². The third kappa shape index (κ3) is 2.49. The molecule has 1 aliphatic carbocycles. The van der Waals surface area contributed by atoms with Crippen LogP contribution in [-0.2, 0) is 4.79 Å². The van der Waals surface area contributed by atoms with Gasteiger partial charge in [-0.2, -0.15) is 0 Å². The number of amidine groups is 1. The molecule has 2 rings (SSSR count). The summed E-state index contributed by atoms with van der Waals surface area (Å²) in [5.74, 6) is -0.508. The molecule has 1 aromatic rings. The molecule has 1 saturated carbocycles. The number of oxime groups is 1. The van der Waals surface area contributed by atoms with E-state index in [0.29, 0.717) is 24.4 Å². The highest BCUT2D eigenvalue weighted by Gasteiger charge is 2.52. The van der Waals surface area contributed by atoms with Gasteiger partial charge >= 0.3 is 0 Å². The van der Waals surface area contributed by atoms with Crippen molar-refractivity contribution in [2.24, 2.45) is 22.2 Å². The lowest BCUT2D eigenvalue weighted by molar-refractivity contribution is -0.127. The van der Waals surface area contributed by atoms with Crippen LogP contribution in [0.5, 0.6) is 0 Å². The van der Waals surface area contributed by atoms with Gasteiger partial charge in [-0.3, -0.25) is 4.79 Å². The first-order chi connectivity index (χ1) is 9.39. The molecule has 0 atom stereocenters. The Morgan fingerprint density at radius 1 is 1.60 bits per heavy atom. The van der Waals surface area contributed by atoms with Crippen molar-refractivity contribution in [3.05, 3.63) is 28.5 Å². The maximum Gasteiger partial charge on any atom is 0.238 e. The van der Waals surface area contributed by atoms with Gasteiger partial charge in [-0.05, 0) is 52.9 Å². The molecule has 0 aliphatic heterocycles. The number of nitrogens with zero attached hydrogens (tertiary/aromatic N) is 1. The molecule has 0 heterocycles. The topological polar surface area (TPSA) is 87.7 Å². The predicted molar refractivity (Wildman–Crippen MR) is 77.0 cm³/mol. The lowest BCUT2D eigenvalue weighted by Crippen LogP contribution is -2.54. The number of hydrogen-bond acceptors (Lipinski definition) is 3. The van der Waals surface area contributed by atoms with Crippen LogP contribution in [0.3, 0.4) is 0 Å². The van der Waals surface area contributed by atoms with Crippen LogP contribution in [0.25, 0.3) is 0 Å². The molecule has 5 nitrogen and oxygen atoms in total. The smallest absolute Gasteiger partial charge is 0.238 e. The van der Waals surface area contributed by atoms with Crippen molar-refractivity contribution >= 4 is 33.4 Å². The molecule has 4 N–H and O–H groups in total. The second-order valence-corrected chi connectivity index (χ2v) is 6.02. The fourth-order valence-corrected chi connectivity index (χ4v) is 2.94. The van der Waals surface area contributed by atoms with E-state index in [2.05, 4.69) is 26.4 Å². The van der Waals surface area contributed by atoms with E-state index in [1.165, 1.54) is 18.2 Å². The van der Waals surface area contributed by atoms with E-state index in [1.807, 2.05) is 6.92 Å². The molecule has 0 spiro atoms. The van der Waals surface area contributed by atoms with Crippen LogP contribution in [0.4, 0.5) is 10.1 Å². The van der Waals surface area contributed by atoms with Crippen molar-refractivity contribution in [2.75, 3.05) is 5.32 Å². The van der Waals surface area contributed by atoms with E-state index in [0.717, 1.165) is 0 Å². The maximum atomic E-state index is 13.1. The highest BCUT2D eigenvalue weighted by Crippen LogP contribution is 2.46. The first kappa shape index (κ1) is 14.8. The molecule has 0 unspecified atom stereocenters. The summed E-state index contributed by atoms with van der Waals surface area (Å²) in [7, 11) is 0. The molecule has 1 aromatic carbocycles. The Kier molecular flexibility index (Phi) is 3.99. The number of rotatable bonds is 3. The van der Waals surface area contributed by atoms with E-state index >= 15 is 0 Å². The molecule has 108 valence electrons. The fraction of sp³-hybridized carbons (Fsp3) is 0.385. The first-order valence-corrected chi connectivity index (χ1v) is 6.93. The van der Waals surface area contributed by atoms with Gasteiger partial charge in [0.05, 0.1) is 4.47 Å². The number of carbonyl (C=O) groups is 1. The monoisotopic (exact) mass is 343 g/mol. The molecule has 0 aromatic heterocycles. The van der Waals surface area contributed by atoms with Crippen molar-refractivity contribution in [3.63, 3.8) is 0 Å². The Morgan fingerprint density at radius 3 is 2.75 bits per heavy atom. The van der Waals surface area contributed by atoms with Crippen molar-refractivity contribution in [1.82, 2.24) is 0 Å². The fourth-order valence-electron chi connectivity index (χ4n) is 2.56. The molecule has 0 bridgehead atoms. The average molecular weight is 344 g/mol. The Bertz CT molecular complexity index is 571. The van der Waals surface area contributed by atoms with Crippen LogP contribution in [0, 0.1) is 17.2 Å². The molecule has 0 saturated heterocycles. The SMILES string of the molecule is CC1CC(C(=O)Nc2ccc(F)c(Br)c2)(/C(N)=N/O)C1. The van der Waals surface area contributed by atoms with Gasteiger partial charge in [-0.25, -0.2) is 4.39 Å². The van der Waals surface area contributed by atoms with E-state index in [4.69, 9.17) is 10.9 Å². The maximum absolute atomic E-state index is 13.1. The Morgan fingerprint density at radius 2 is 2.25 bits per heavy atom. The minimum atomic E-state index is -0.977. The number of carbonyl (C=O) groups excluding carboxylic acids is 1. The third-order valence-corrected chi connectivity index (χ3v) is 4.21. The molecule has 1 amide bonds. The Labute approximate surface area is 124 Å². The number of hydrogen-bond donors (Lipinski definition) is 3. The molecule has 1 fully saturated rings. The zero-order valence-electron chi connectivity index (χ0n) is 10.9. The van der Waals surface area contributed by atoms with E-state index in [1.54, 1.807) is 0 Å². The summed E-state index contributed by atoms with van der Waals surface area (Å²) >= 11 is 3.05. The molecule has 7 heteroatoms. The van der Waals surface area contributed by atoms with Crippen LogP contribution < -0.4 is 11.1 Å². The second-order valence-electron chi connectivity index (χ2n) is 5.16. The zero-order valence-corrected chi connectivity index (χ0v) is 12.4. The van der Waals surface area contributed by atoms with Crippen molar-refractivity contribution in [1.29, 1.82) is 0 Å². The van der Waals surface area contributed by atoms with Gasteiger partial charge < -0.3 is 16.3 Å². The summed E-state index contributed by atoms with van der Waals surface area (Å²) in [5.41, 5.74) is 5.13. The Hall–Kier alpha value is -1.63. The van der Waals surface area contributed by atoms with Gasteiger partial charge in [0, 0.05) is 5.69 Å². The number of benzene rings is 1. The van der Waals surface area contributed by atoms with Crippen LogP contribution in [0.1, 0.15) is 19.8 Å². The van der Waals surface area contributed by atoms with Crippen LogP contribution in [0.15, 0.2) is 27.8 Å². The van der Waals surface area contributed by atoms with Crippen LogP contribution >= 0.6 is 15.9 Å². The largest absolute Gasteiger partial charge is 0.409 e. The normalized spacial score (nSPS) is 25.9. The molecule has 0 radical (unpaired) electrons. The lowest BCUT2D eigenvalue weighted by atomic mass is 9.61. The van der Waals surface area contributed by atoms with E-state index in [-0.39, 0.29) is 16.2 Å². The van der Waals surface area contributed by atoms with Gasteiger partial charge in [0.25, 0.3) is 0 Å². The summed E-state index contributed by atoms with van der Waals surface area (Å²) < 4.78 is 13.4. The van der Waals surface area contributed by atoms with Crippen molar-refractivity contribution in [2.45, 2.75) is 19.8 Å². The van der Waals surface area contributed by atoms with Gasteiger partial charge in [-0.1, -0.05) is 12.1 Å². The summed E-state index contributed by atoms with van der Waals surface area (Å²) in [4.78, 5) is 12.4. The minimum absolute atomic E-state index is 0.0886. The number of nitrogens with one attached hydrogen (secondary N) is 1. The van der Waals surface area contributed by atoms with Gasteiger partial charge in [0.2, 0.25) is 5.91 Å². The zero-order chi connectivity index (χ0) is 14.9. The summed E-state index contributed by atoms with van der Waals surface area (Å²) in [6.45, 7) is 1.99. The highest BCUT2D eigenvalue weighted by atomic mass is 79.9. The van der Waals surface area contributed by atoms with Gasteiger partial charge in [0.1, 0.15) is 11.2 Å². The third-order valence-electron chi connectivity index (χ3n) is 3.60. The molecular weight excluding hydrogens is 329 g/mol. The second kappa shape index (κ2) is 5.40. The number of amides is 1. The average Bonchev–Trinajstić information content (AvgIpc) is 2.38.